The van der Waals surface area contributed by atoms with Crippen LogP contribution >= 0.6 is 11.6 Å². The minimum absolute atomic E-state index is 0.102. The Balaban J connectivity index is 4.34. The average molecular weight is 248 g/mol. The fourth-order valence-electron chi connectivity index (χ4n) is 1.02. The monoisotopic (exact) mass is 247 g/mol. The van der Waals surface area contributed by atoms with Gasteiger partial charge in [-0.2, -0.15) is 0 Å². The van der Waals surface area contributed by atoms with Crippen LogP contribution in [0.5, 0.6) is 0 Å². The van der Waals surface area contributed by atoms with Crippen molar-refractivity contribution in [2.75, 3.05) is 19.0 Å². The van der Waals surface area contributed by atoms with Gasteiger partial charge in [-0.1, -0.05) is 6.08 Å². The zero-order valence-electron chi connectivity index (χ0n) is 9.96. The zero-order chi connectivity index (χ0) is 12.8. The van der Waals surface area contributed by atoms with Crippen LogP contribution in [0.25, 0.3) is 0 Å². The summed E-state index contributed by atoms with van der Waals surface area (Å²) in [6.45, 7) is 9.00. The predicted molar refractivity (Wildman–Crippen MR) is 63.3 cm³/mol. The number of hydrogen-bond acceptors (Lipinski definition) is 3. The number of nitrogens with zero attached hydrogens (tertiary/aromatic N) is 1. The Morgan fingerprint density at radius 2 is 2.00 bits per heavy atom. The van der Waals surface area contributed by atoms with Crippen molar-refractivity contribution in [1.82, 2.24) is 4.90 Å². The van der Waals surface area contributed by atoms with E-state index in [0.29, 0.717) is 0 Å². The lowest BCUT2D eigenvalue weighted by molar-refractivity contribution is -0.158. The molecule has 0 aliphatic rings. The number of esters is 1. The first-order valence-corrected chi connectivity index (χ1v) is 5.50. The summed E-state index contributed by atoms with van der Waals surface area (Å²) in [5.41, 5.74) is -0.555. The molecule has 0 saturated carbocycles. The number of carbonyl (C=O) groups excluding carboxylic acids is 2. The van der Waals surface area contributed by atoms with Gasteiger partial charge in [0, 0.05) is 6.54 Å². The number of rotatable bonds is 5. The molecule has 0 fully saturated rings. The van der Waals surface area contributed by atoms with Gasteiger partial charge in [-0.3, -0.25) is 9.59 Å². The predicted octanol–water partition coefficient (Wildman–Crippen LogP) is 1.58. The molecule has 0 heterocycles. The Labute approximate surface area is 101 Å². The van der Waals surface area contributed by atoms with E-state index in [-0.39, 0.29) is 24.9 Å². The van der Waals surface area contributed by atoms with E-state index >= 15 is 0 Å². The van der Waals surface area contributed by atoms with E-state index in [4.69, 9.17) is 16.3 Å². The maximum atomic E-state index is 11.5. The van der Waals surface area contributed by atoms with Crippen LogP contribution in [0.1, 0.15) is 20.8 Å². The van der Waals surface area contributed by atoms with Crippen LogP contribution in [0.2, 0.25) is 0 Å². The van der Waals surface area contributed by atoms with E-state index in [2.05, 4.69) is 6.58 Å². The van der Waals surface area contributed by atoms with Gasteiger partial charge in [-0.15, -0.1) is 18.2 Å². The minimum Gasteiger partial charge on any atom is -0.459 e. The van der Waals surface area contributed by atoms with E-state index in [9.17, 15) is 9.59 Å². The van der Waals surface area contributed by atoms with Crippen molar-refractivity contribution in [3.8, 4) is 0 Å². The number of alkyl halides is 1. The molecule has 0 bridgehead atoms. The summed E-state index contributed by atoms with van der Waals surface area (Å²) < 4.78 is 5.10. The van der Waals surface area contributed by atoms with Crippen molar-refractivity contribution >= 4 is 23.5 Å². The molecule has 0 aromatic heterocycles. The second kappa shape index (κ2) is 6.53. The summed E-state index contributed by atoms with van der Waals surface area (Å²) in [6.07, 6.45) is 1.54. The molecule has 0 saturated heterocycles. The van der Waals surface area contributed by atoms with Gasteiger partial charge in [0.1, 0.15) is 18.0 Å². The molecule has 0 rings (SSSR count). The zero-order valence-corrected chi connectivity index (χ0v) is 10.7. The van der Waals surface area contributed by atoms with Crippen molar-refractivity contribution in [2.24, 2.45) is 0 Å². The Bertz CT molecular complexity index is 271. The smallest absolute Gasteiger partial charge is 0.326 e. The molecule has 92 valence electrons. The number of carbonyl (C=O) groups is 2. The number of halogens is 1. The van der Waals surface area contributed by atoms with Crippen molar-refractivity contribution in [2.45, 2.75) is 26.4 Å². The highest BCUT2D eigenvalue weighted by atomic mass is 35.5. The molecule has 4 nitrogen and oxygen atoms in total. The third-order valence-corrected chi connectivity index (χ3v) is 1.79. The van der Waals surface area contributed by atoms with Crippen LogP contribution in [0.4, 0.5) is 0 Å². The fourth-order valence-corrected chi connectivity index (χ4v) is 1.19. The van der Waals surface area contributed by atoms with E-state index in [1.807, 2.05) is 0 Å². The third-order valence-electron chi connectivity index (χ3n) is 1.56. The molecule has 0 aliphatic carbocycles. The third kappa shape index (κ3) is 6.45. The van der Waals surface area contributed by atoms with Crippen molar-refractivity contribution in [3.05, 3.63) is 12.7 Å². The van der Waals surface area contributed by atoms with Gasteiger partial charge in [0.05, 0.1) is 0 Å². The quantitative estimate of drug-likeness (QED) is 0.421. The van der Waals surface area contributed by atoms with Crippen molar-refractivity contribution < 1.29 is 14.3 Å². The minimum atomic E-state index is -0.555. The summed E-state index contributed by atoms with van der Waals surface area (Å²) in [7, 11) is 0. The van der Waals surface area contributed by atoms with E-state index in [1.165, 1.54) is 11.0 Å². The Hall–Kier alpha value is -1.03. The lowest BCUT2D eigenvalue weighted by Gasteiger charge is -2.23. The highest BCUT2D eigenvalue weighted by molar-refractivity contribution is 6.27. The Morgan fingerprint density at radius 3 is 2.38 bits per heavy atom. The summed E-state index contributed by atoms with van der Waals surface area (Å²) in [6, 6.07) is 0. The molecule has 0 spiro atoms. The van der Waals surface area contributed by atoms with Crippen LogP contribution in [-0.4, -0.2) is 41.3 Å². The van der Waals surface area contributed by atoms with Crippen LogP contribution in [0.15, 0.2) is 12.7 Å². The first-order chi connectivity index (χ1) is 7.30. The number of amides is 1. The topological polar surface area (TPSA) is 46.6 Å². The van der Waals surface area contributed by atoms with Crippen LogP contribution < -0.4 is 0 Å². The summed E-state index contributed by atoms with van der Waals surface area (Å²) in [4.78, 5) is 24.1. The molecule has 0 atom stereocenters. The van der Waals surface area contributed by atoms with Gasteiger partial charge in [-0.25, -0.2) is 0 Å². The lowest BCUT2D eigenvalue weighted by Crippen LogP contribution is -2.39. The molecular formula is C11H18ClNO3. The van der Waals surface area contributed by atoms with E-state index in [0.717, 1.165) is 0 Å². The van der Waals surface area contributed by atoms with Crippen LogP contribution in [0.3, 0.4) is 0 Å². The molecule has 0 aromatic carbocycles. The highest BCUT2D eigenvalue weighted by Crippen LogP contribution is 2.07. The molecule has 0 aliphatic heterocycles. The molecule has 0 radical (unpaired) electrons. The summed E-state index contributed by atoms with van der Waals surface area (Å²) in [5, 5.41) is 0. The van der Waals surface area contributed by atoms with Crippen LogP contribution in [-0.2, 0) is 14.3 Å². The SMILES string of the molecule is C=CCN(CC(=O)OC(C)(C)C)C(=O)CCl. The molecule has 0 N–H and O–H groups in total. The van der Waals surface area contributed by atoms with Gasteiger partial charge < -0.3 is 9.64 Å². The average Bonchev–Trinajstić information content (AvgIpc) is 2.13. The normalized spacial score (nSPS) is 10.8. The molecule has 0 unspecified atom stereocenters. The largest absolute Gasteiger partial charge is 0.459 e. The second-order valence-electron chi connectivity index (χ2n) is 4.28. The first kappa shape index (κ1) is 15.0. The van der Waals surface area contributed by atoms with Gasteiger partial charge in [0.15, 0.2) is 0 Å². The van der Waals surface area contributed by atoms with Gasteiger partial charge >= 0.3 is 5.97 Å². The van der Waals surface area contributed by atoms with Gasteiger partial charge in [-0.05, 0) is 20.8 Å². The molecule has 16 heavy (non-hydrogen) atoms. The van der Waals surface area contributed by atoms with Crippen LogP contribution in [0, 0.1) is 0 Å². The molecule has 0 aromatic rings. The first-order valence-electron chi connectivity index (χ1n) is 4.96. The van der Waals surface area contributed by atoms with Crippen molar-refractivity contribution in [1.29, 1.82) is 0 Å². The van der Waals surface area contributed by atoms with E-state index in [1.54, 1.807) is 20.8 Å². The number of ether oxygens (including phenoxy) is 1. The Kier molecular flexibility index (Phi) is 6.11. The molecule has 1 amide bonds. The fraction of sp³-hybridized carbons (Fsp3) is 0.636. The molecular weight excluding hydrogens is 230 g/mol. The number of hydrogen-bond donors (Lipinski definition) is 0. The maximum absolute atomic E-state index is 11.5. The highest BCUT2D eigenvalue weighted by Gasteiger charge is 2.20. The Morgan fingerprint density at radius 1 is 1.44 bits per heavy atom. The lowest BCUT2D eigenvalue weighted by atomic mass is 10.2. The van der Waals surface area contributed by atoms with Gasteiger partial charge in [0.25, 0.3) is 0 Å². The van der Waals surface area contributed by atoms with E-state index < -0.39 is 11.6 Å². The summed E-state index contributed by atoms with van der Waals surface area (Å²) >= 11 is 5.42. The standard InChI is InChI=1S/C11H18ClNO3/c1-5-6-13(9(14)7-12)8-10(15)16-11(2,3)4/h5H,1,6-8H2,2-4H3. The second-order valence-corrected chi connectivity index (χ2v) is 4.55. The molecule has 5 heteroatoms. The van der Waals surface area contributed by atoms with Gasteiger partial charge in [0.2, 0.25) is 5.91 Å². The van der Waals surface area contributed by atoms with Crippen molar-refractivity contribution in [3.63, 3.8) is 0 Å². The maximum Gasteiger partial charge on any atom is 0.326 e. The summed E-state index contributed by atoms with van der Waals surface area (Å²) in [5.74, 6) is -0.920.